The van der Waals surface area contributed by atoms with Crippen molar-refractivity contribution in [2.75, 3.05) is 32.7 Å². The number of carbonyl (C=O) groups excluding carboxylic acids is 1. The summed E-state index contributed by atoms with van der Waals surface area (Å²) in [6, 6.07) is 1.03. The Bertz CT molecular complexity index is 327. The van der Waals surface area contributed by atoms with Crippen LogP contribution in [0, 0.1) is 5.92 Å². The summed E-state index contributed by atoms with van der Waals surface area (Å²) >= 11 is 0. The zero-order chi connectivity index (χ0) is 13.2. The fraction of sp³-hybridized carbons (Fsp3) is 0.933. The number of rotatable bonds is 1. The molecule has 0 radical (unpaired) electrons. The lowest BCUT2D eigenvalue weighted by atomic mass is 9.92. The van der Waals surface area contributed by atoms with E-state index < -0.39 is 0 Å². The first kappa shape index (κ1) is 13.4. The first-order valence-electron chi connectivity index (χ1n) is 8.01. The minimum absolute atomic E-state index is 0.277. The normalized spacial score (nSPS) is 34.1. The average Bonchev–Trinajstić information content (AvgIpc) is 2.47. The van der Waals surface area contributed by atoms with E-state index in [4.69, 9.17) is 0 Å². The molecular weight excluding hydrogens is 238 g/mol. The second kappa shape index (κ2) is 5.80. The summed E-state index contributed by atoms with van der Waals surface area (Å²) < 4.78 is 0. The number of piperazine rings is 1. The maximum absolute atomic E-state index is 12.7. The van der Waals surface area contributed by atoms with Crippen molar-refractivity contribution < 1.29 is 4.79 Å². The summed E-state index contributed by atoms with van der Waals surface area (Å²) in [4.78, 5) is 17.5. The quantitative estimate of drug-likeness (QED) is 0.770. The molecule has 3 aliphatic heterocycles. The zero-order valence-corrected chi connectivity index (χ0v) is 12.1. The van der Waals surface area contributed by atoms with Crippen molar-refractivity contribution in [1.82, 2.24) is 15.1 Å². The van der Waals surface area contributed by atoms with Crippen molar-refractivity contribution in [3.05, 3.63) is 0 Å². The summed E-state index contributed by atoms with van der Waals surface area (Å²) in [5.41, 5.74) is 0. The zero-order valence-electron chi connectivity index (χ0n) is 12.1. The smallest absolute Gasteiger partial charge is 0.226 e. The van der Waals surface area contributed by atoms with Crippen LogP contribution >= 0.6 is 0 Å². The van der Waals surface area contributed by atoms with Crippen LogP contribution in [0.4, 0.5) is 0 Å². The van der Waals surface area contributed by atoms with Gasteiger partial charge in [0.15, 0.2) is 0 Å². The van der Waals surface area contributed by atoms with Crippen molar-refractivity contribution in [2.45, 2.75) is 51.1 Å². The van der Waals surface area contributed by atoms with Crippen LogP contribution in [0.3, 0.4) is 0 Å². The van der Waals surface area contributed by atoms with Crippen molar-refractivity contribution in [3.63, 3.8) is 0 Å². The number of hydrogen-bond donors (Lipinski definition) is 1. The van der Waals surface area contributed by atoms with E-state index in [2.05, 4.69) is 22.0 Å². The maximum atomic E-state index is 12.7. The Labute approximate surface area is 116 Å². The van der Waals surface area contributed by atoms with Crippen molar-refractivity contribution in [3.8, 4) is 0 Å². The molecule has 2 unspecified atom stereocenters. The first-order chi connectivity index (χ1) is 9.25. The number of nitrogens with zero attached hydrogens (tertiary/aromatic N) is 2. The van der Waals surface area contributed by atoms with Gasteiger partial charge in [0.25, 0.3) is 0 Å². The summed E-state index contributed by atoms with van der Waals surface area (Å²) in [7, 11) is 0. The van der Waals surface area contributed by atoms with Crippen LogP contribution in [0.1, 0.15) is 39.0 Å². The standard InChI is InChI=1S/C15H27N3O/c1-12-10-17-9-3-2-4-14(17)11-18(12)15(19)13-5-7-16-8-6-13/h12-14,16H,2-11H2,1H3. The molecule has 0 saturated carbocycles. The van der Waals surface area contributed by atoms with E-state index >= 15 is 0 Å². The van der Waals surface area contributed by atoms with Crippen LogP contribution in [0.15, 0.2) is 0 Å². The van der Waals surface area contributed by atoms with E-state index in [-0.39, 0.29) is 5.92 Å². The summed E-state index contributed by atoms with van der Waals surface area (Å²) in [6.07, 6.45) is 6.01. The van der Waals surface area contributed by atoms with Crippen LogP contribution in [0.25, 0.3) is 0 Å². The van der Waals surface area contributed by atoms with E-state index in [0.29, 0.717) is 18.0 Å². The van der Waals surface area contributed by atoms with Gasteiger partial charge in [-0.3, -0.25) is 9.69 Å². The maximum Gasteiger partial charge on any atom is 0.226 e. The van der Waals surface area contributed by atoms with Gasteiger partial charge in [-0.1, -0.05) is 6.42 Å². The van der Waals surface area contributed by atoms with Gasteiger partial charge in [0, 0.05) is 31.1 Å². The van der Waals surface area contributed by atoms with Crippen molar-refractivity contribution in [1.29, 1.82) is 0 Å². The molecular formula is C15H27N3O. The highest BCUT2D eigenvalue weighted by Gasteiger charge is 2.37. The van der Waals surface area contributed by atoms with Crippen LogP contribution in [0.5, 0.6) is 0 Å². The molecule has 3 rings (SSSR count). The summed E-state index contributed by atoms with van der Waals surface area (Å²) in [5, 5.41) is 3.35. The molecule has 108 valence electrons. The SMILES string of the molecule is CC1CN2CCCCC2CN1C(=O)C1CCNCC1. The molecule has 0 spiro atoms. The lowest BCUT2D eigenvalue weighted by Crippen LogP contribution is -2.61. The minimum Gasteiger partial charge on any atom is -0.337 e. The molecule has 1 N–H and O–H groups in total. The Hall–Kier alpha value is -0.610. The van der Waals surface area contributed by atoms with E-state index in [1.807, 2.05) is 0 Å². The van der Waals surface area contributed by atoms with Gasteiger partial charge in [-0.2, -0.15) is 0 Å². The number of nitrogens with one attached hydrogen (secondary N) is 1. The second-order valence-electron chi connectivity index (χ2n) is 6.51. The summed E-state index contributed by atoms with van der Waals surface area (Å²) in [6.45, 7) is 7.54. The predicted octanol–water partition coefficient (Wildman–Crippen LogP) is 1.07. The largest absolute Gasteiger partial charge is 0.337 e. The molecule has 2 atom stereocenters. The van der Waals surface area contributed by atoms with Gasteiger partial charge in [0.2, 0.25) is 5.91 Å². The molecule has 0 aromatic heterocycles. The Balaban J connectivity index is 1.64. The van der Waals surface area contributed by atoms with Crippen LogP contribution < -0.4 is 5.32 Å². The van der Waals surface area contributed by atoms with Crippen LogP contribution in [0.2, 0.25) is 0 Å². The molecule has 3 saturated heterocycles. The fourth-order valence-electron chi connectivity index (χ4n) is 3.96. The highest BCUT2D eigenvalue weighted by Crippen LogP contribution is 2.26. The van der Waals surface area contributed by atoms with Gasteiger partial charge >= 0.3 is 0 Å². The lowest BCUT2D eigenvalue weighted by molar-refractivity contribution is -0.143. The second-order valence-corrected chi connectivity index (χ2v) is 6.51. The van der Waals surface area contributed by atoms with Gasteiger partial charge in [-0.25, -0.2) is 0 Å². The third kappa shape index (κ3) is 2.79. The number of fused-ring (bicyclic) bond motifs is 1. The average molecular weight is 265 g/mol. The molecule has 3 heterocycles. The number of piperidine rings is 2. The highest BCUT2D eigenvalue weighted by atomic mass is 16.2. The van der Waals surface area contributed by atoms with Gasteiger partial charge in [-0.15, -0.1) is 0 Å². The number of carbonyl (C=O) groups is 1. The molecule has 4 nitrogen and oxygen atoms in total. The highest BCUT2D eigenvalue weighted by molar-refractivity contribution is 5.79. The third-order valence-corrected chi connectivity index (χ3v) is 5.16. The molecule has 0 aromatic carbocycles. The predicted molar refractivity (Wildman–Crippen MR) is 76.0 cm³/mol. The Morgan fingerprint density at radius 3 is 2.68 bits per heavy atom. The third-order valence-electron chi connectivity index (χ3n) is 5.16. The summed E-state index contributed by atoms with van der Waals surface area (Å²) in [5.74, 6) is 0.707. The van der Waals surface area contributed by atoms with Crippen molar-refractivity contribution >= 4 is 5.91 Å². The molecule has 1 amide bonds. The number of amides is 1. The van der Waals surface area contributed by atoms with Crippen molar-refractivity contribution in [2.24, 2.45) is 5.92 Å². The molecule has 4 heteroatoms. The van der Waals surface area contributed by atoms with E-state index in [1.54, 1.807) is 0 Å². The fourth-order valence-corrected chi connectivity index (χ4v) is 3.96. The van der Waals surface area contributed by atoms with E-state index in [1.165, 1.54) is 25.8 Å². The molecule has 19 heavy (non-hydrogen) atoms. The first-order valence-corrected chi connectivity index (χ1v) is 8.01. The van der Waals surface area contributed by atoms with Gasteiger partial charge in [0.1, 0.15) is 0 Å². The Morgan fingerprint density at radius 2 is 1.89 bits per heavy atom. The molecule has 3 aliphatic rings. The van der Waals surface area contributed by atoms with Crippen LogP contribution in [-0.4, -0.2) is 60.5 Å². The lowest BCUT2D eigenvalue weighted by Gasteiger charge is -2.48. The number of hydrogen-bond acceptors (Lipinski definition) is 3. The van der Waals surface area contributed by atoms with E-state index in [9.17, 15) is 4.79 Å². The molecule has 0 aromatic rings. The Morgan fingerprint density at radius 1 is 1.11 bits per heavy atom. The Kier molecular flexibility index (Phi) is 4.08. The van der Waals surface area contributed by atoms with Gasteiger partial charge in [0.05, 0.1) is 0 Å². The molecule has 0 aliphatic carbocycles. The topological polar surface area (TPSA) is 35.6 Å². The van der Waals surface area contributed by atoms with Gasteiger partial charge in [-0.05, 0) is 52.2 Å². The van der Waals surface area contributed by atoms with E-state index in [0.717, 1.165) is 39.0 Å². The van der Waals surface area contributed by atoms with Gasteiger partial charge < -0.3 is 10.2 Å². The molecule has 3 fully saturated rings. The monoisotopic (exact) mass is 265 g/mol. The minimum atomic E-state index is 0.277. The molecule has 0 bridgehead atoms. The van der Waals surface area contributed by atoms with Crippen LogP contribution in [-0.2, 0) is 4.79 Å².